The minimum Gasteiger partial charge on any atom is -0.394 e. The van der Waals surface area contributed by atoms with E-state index in [9.17, 15) is 5.11 Å². The van der Waals surface area contributed by atoms with Crippen molar-refractivity contribution in [3.8, 4) is 0 Å². The van der Waals surface area contributed by atoms with Crippen molar-refractivity contribution in [3.05, 3.63) is 0 Å². The lowest BCUT2D eigenvalue weighted by Crippen LogP contribution is -2.43. The number of hydrogen-bond donors (Lipinski definition) is 2. The first kappa shape index (κ1) is 13.9. The van der Waals surface area contributed by atoms with Gasteiger partial charge in [-0.05, 0) is 18.8 Å². The van der Waals surface area contributed by atoms with Crippen molar-refractivity contribution in [2.24, 2.45) is 11.7 Å². The molecule has 16 heavy (non-hydrogen) atoms. The van der Waals surface area contributed by atoms with Crippen molar-refractivity contribution in [2.75, 3.05) is 26.9 Å². The van der Waals surface area contributed by atoms with Crippen LogP contribution >= 0.6 is 0 Å². The predicted octanol–water partition coefficient (Wildman–Crippen LogP) is 0.918. The average molecular weight is 231 g/mol. The molecular weight excluding hydrogens is 206 g/mol. The van der Waals surface area contributed by atoms with Crippen LogP contribution in [0.5, 0.6) is 0 Å². The summed E-state index contributed by atoms with van der Waals surface area (Å²) in [6, 6.07) is -0.237. The number of aliphatic hydroxyl groups excluding tert-OH is 1. The Hall–Kier alpha value is -0.160. The summed E-state index contributed by atoms with van der Waals surface area (Å²) in [6.07, 6.45) is 6.17. The molecule has 1 fully saturated rings. The Kier molecular flexibility index (Phi) is 6.96. The summed E-state index contributed by atoms with van der Waals surface area (Å²) < 4.78 is 10.7. The third-order valence-electron chi connectivity index (χ3n) is 3.29. The quantitative estimate of drug-likeness (QED) is 0.684. The van der Waals surface area contributed by atoms with E-state index in [1.807, 2.05) is 0 Å². The topological polar surface area (TPSA) is 64.7 Å². The molecule has 4 nitrogen and oxygen atoms in total. The van der Waals surface area contributed by atoms with Crippen molar-refractivity contribution in [1.29, 1.82) is 0 Å². The number of hydrogen-bond acceptors (Lipinski definition) is 4. The Morgan fingerprint density at radius 1 is 1.31 bits per heavy atom. The first-order valence-corrected chi connectivity index (χ1v) is 6.25. The number of aliphatic hydroxyl groups is 1. The van der Waals surface area contributed by atoms with E-state index in [4.69, 9.17) is 15.2 Å². The molecule has 0 spiro atoms. The van der Waals surface area contributed by atoms with Crippen LogP contribution in [0.1, 0.15) is 32.1 Å². The van der Waals surface area contributed by atoms with E-state index in [0.717, 1.165) is 6.61 Å². The molecule has 4 heteroatoms. The van der Waals surface area contributed by atoms with Gasteiger partial charge in [-0.2, -0.15) is 0 Å². The zero-order chi connectivity index (χ0) is 11.8. The van der Waals surface area contributed by atoms with Gasteiger partial charge in [-0.15, -0.1) is 0 Å². The summed E-state index contributed by atoms with van der Waals surface area (Å²) in [5, 5.41) is 9.19. The Morgan fingerprint density at radius 2 is 2.00 bits per heavy atom. The second-order valence-electron chi connectivity index (χ2n) is 4.68. The zero-order valence-corrected chi connectivity index (χ0v) is 10.2. The second kappa shape index (κ2) is 8.01. The van der Waals surface area contributed by atoms with Crippen LogP contribution < -0.4 is 5.73 Å². The smallest absolute Gasteiger partial charge is 0.0978 e. The molecule has 1 rings (SSSR count). The molecule has 1 saturated carbocycles. The molecule has 2 unspecified atom stereocenters. The number of nitrogens with two attached hydrogens (primary N) is 1. The third kappa shape index (κ3) is 4.78. The molecule has 1 aliphatic carbocycles. The van der Waals surface area contributed by atoms with Gasteiger partial charge in [0.2, 0.25) is 0 Å². The van der Waals surface area contributed by atoms with Gasteiger partial charge in [0.15, 0.2) is 0 Å². The lowest BCUT2D eigenvalue weighted by Gasteiger charge is -2.26. The summed E-state index contributed by atoms with van der Waals surface area (Å²) in [7, 11) is 1.61. The van der Waals surface area contributed by atoms with Crippen molar-refractivity contribution in [1.82, 2.24) is 0 Å². The standard InChI is InChI=1S/C12H25NO3/c1-15-9-11(13)12(7-14)16-8-10-5-3-2-4-6-10/h10-12,14H,2-9,13H2,1H3. The molecule has 0 radical (unpaired) electrons. The highest BCUT2D eigenvalue weighted by molar-refractivity contribution is 4.73. The number of methoxy groups -OCH3 is 1. The van der Waals surface area contributed by atoms with Gasteiger partial charge in [0.25, 0.3) is 0 Å². The number of ether oxygens (including phenoxy) is 2. The minimum absolute atomic E-state index is 0.0305. The van der Waals surface area contributed by atoms with E-state index < -0.39 is 0 Å². The fourth-order valence-corrected chi connectivity index (χ4v) is 2.22. The van der Waals surface area contributed by atoms with E-state index >= 15 is 0 Å². The van der Waals surface area contributed by atoms with E-state index in [2.05, 4.69) is 0 Å². The van der Waals surface area contributed by atoms with Gasteiger partial charge in [-0.25, -0.2) is 0 Å². The molecule has 0 amide bonds. The van der Waals surface area contributed by atoms with Crippen LogP contribution in [0.2, 0.25) is 0 Å². The fourth-order valence-electron chi connectivity index (χ4n) is 2.22. The SMILES string of the molecule is COCC(N)C(CO)OCC1CCCCC1. The van der Waals surface area contributed by atoms with Crippen LogP contribution in [-0.2, 0) is 9.47 Å². The van der Waals surface area contributed by atoms with Gasteiger partial charge in [0, 0.05) is 13.7 Å². The van der Waals surface area contributed by atoms with Gasteiger partial charge < -0.3 is 20.3 Å². The summed E-state index contributed by atoms with van der Waals surface area (Å²) in [5.74, 6) is 0.651. The average Bonchev–Trinajstić information content (AvgIpc) is 2.31. The van der Waals surface area contributed by atoms with Gasteiger partial charge in [-0.1, -0.05) is 19.3 Å². The first-order chi connectivity index (χ1) is 7.77. The maximum atomic E-state index is 9.19. The summed E-state index contributed by atoms with van der Waals surface area (Å²) >= 11 is 0. The highest BCUT2D eigenvalue weighted by atomic mass is 16.5. The summed E-state index contributed by atoms with van der Waals surface area (Å²) in [4.78, 5) is 0. The molecule has 0 aromatic carbocycles. The lowest BCUT2D eigenvalue weighted by atomic mass is 9.90. The van der Waals surface area contributed by atoms with Crippen LogP contribution in [-0.4, -0.2) is 44.2 Å². The molecule has 1 aliphatic rings. The van der Waals surface area contributed by atoms with Crippen LogP contribution in [0.25, 0.3) is 0 Å². The molecule has 2 atom stereocenters. The number of rotatable bonds is 7. The molecule has 3 N–H and O–H groups in total. The second-order valence-corrected chi connectivity index (χ2v) is 4.68. The van der Waals surface area contributed by atoms with Crippen molar-refractivity contribution in [3.63, 3.8) is 0 Å². The van der Waals surface area contributed by atoms with E-state index in [0.29, 0.717) is 12.5 Å². The lowest BCUT2D eigenvalue weighted by molar-refractivity contribution is -0.0356. The molecule has 0 aromatic rings. The Labute approximate surface area is 98.1 Å². The maximum absolute atomic E-state index is 9.19. The maximum Gasteiger partial charge on any atom is 0.0978 e. The van der Waals surface area contributed by atoms with Gasteiger partial charge in [0.1, 0.15) is 0 Å². The predicted molar refractivity (Wildman–Crippen MR) is 63.3 cm³/mol. The normalized spacial score (nSPS) is 21.9. The highest BCUT2D eigenvalue weighted by Gasteiger charge is 2.20. The van der Waals surface area contributed by atoms with Crippen molar-refractivity contribution >= 4 is 0 Å². The Morgan fingerprint density at radius 3 is 2.56 bits per heavy atom. The van der Waals surface area contributed by atoms with E-state index in [1.54, 1.807) is 7.11 Å². The van der Waals surface area contributed by atoms with Crippen molar-refractivity contribution in [2.45, 2.75) is 44.2 Å². The minimum atomic E-state index is -0.290. The van der Waals surface area contributed by atoms with Crippen LogP contribution in [0.3, 0.4) is 0 Å². The summed E-state index contributed by atoms with van der Waals surface area (Å²) in [5.41, 5.74) is 5.84. The van der Waals surface area contributed by atoms with Gasteiger partial charge in [-0.3, -0.25) is 0 Å². The fraction of sp³-hybridized carbons (Fsp3) is 1.00. The van der Waals surface area contributed by atoms with Crippen LogP contribution in [0.15, 0.2) is 0 Å². The molecule has 0 aliphatic heterocycles. The largest absolute Gasteiger partial charge is 0.394 e. The monoisotopic (exact) mass is 231 g/mol. The van der Waals surface area contributed by atoms with Crippen molar-refractivity contribution < 1.29 is 14.6 Å². The molecule has 0 bridgehead atoms. The molecular formula is C12H25NO3. The Balaban J connectivity index is 2.21. The van der Waals surface area contributed by atoms with Gasteiger partial charge >= 0.3 is 0 Å². The van der Waals surface area contributed by atoms with E-state index in [1.165, 1.54) is 32.1 Å². The molecule has 0 saturated heterocycles. The molecule has 0 heterocycles. The van der Waals surface area contributed by atoms with Crippen LogP contribution in [0.4, 0.5) is 0 Å². The van der Waals surface area contributed by atoms with Gasteiger partial charge in [0.05, 0.1) is 25.4 Å². The van der Waals surface area contributed by atoms with E-state index in [-0.39, 0.29) is 18.8 Å². The zero-order valence-electron chi connectivity index (χ0n) is 10.2. The van der Waals surface area contributed by atoms with Crippen LogP contribution in [0, 0.1) is 5.92 Å². The third-order valence-corrected chi connectivity index (χ3v) is 3.29. The first-order valence-electron chi connectivity index (χ1n) is 6.25. The molecule has 0 aromatic heterocycles. The highest BCUT2D eigenvalue weighted by Crippen LogP contribution is 2.24. The summed E-state index contributed by atoms with van der Waals surface area (Å²) in [6.45, 7) is 1.12. The molecule has 96 valence electrons. The Bertz CT molecular complexity index is 172.